The lowest BCUT2D eigenvalue weighted by molar-refractivity contribution is 0.0858. The Morgan fingerprint density at radius 1 is 1.44 bits per heavy atom. The zero-order chi connectivity index (χ0) is 13.0. The Labute approximate surface area is 112 Å². The van der Waals surface area contributed by atoms with E-state index < -0.39 is 0 Å². The van der Waals surface area contributed by atoms with E-state index in [9.17, 15) is 0 Å². The van der Waals surface area contributed by atoms with Gasteiger partial charge in [-0.2, -0.15) is 0 Å². The van der Waals surface area contributed by atoms with E-state index in [0.717, 1.165) is 38.0 Å². The topological polar surface area (TPSA) is 33.3 Å². The molecule has 0 bridgehead atoms. The molecular weight excluding hydrogens is 224 g/mol. The van der Waals surface area contributed by atoms with Crippen molar-refractivity contribution in [2.45, 2.75) is 46.1 Å². The highest BCUT2D eigenvalue weighted by atomic mass is 16.5. The summed E-state index contributed by atoms with van der Waals surface area (Å²) in [6, 6.07) is 0. The van der Waals surface area contributed by atoms with E-state index in [4.69, 9.17) is 4.74 Å². The summed E-state index contributed by atoms with van der Waals surface area (Å²) in [6.45, 7) is 12.6. The maximum Gasteiger partial charge on any atom is 0.0613 e. The van der Waals surface area contributed by atoms with Gasteiger partial charge in [-0.25, -0.2) is 0 Å². The number of nitrogens with one attached hydrogen (secondary N) is 2. The van der Waals surface area contributed by atoms with Crippen LogP contribution in [-0.4, -0.2) is 38.9 Å². The Balaban J connectivity index is 1.77. The van der Waals surface area contributed by atoms with Crippen LogP contribution in [0, 0.1) is 17.3 Å². The summed E-state index contributed by atoms with van der Waals surface area (Å²) in [5, 5.41) is 7.26. The van der Waals surface area contributed by atoms with Crippen molar-refractivity contribution in [2.75, 3.05) is 32.8 Å². The molecule has 0 aromatic rings. The minimum Gasteiger partial charge on any atom is -0.378 e. The van der Waals surface area contributed by atoms with Crippen molar-refractivity contribution in [2.24, 2.45) is 17.3 Å². The summed E-state index contributed by atoms with van der Waals surface area (Å²) in [5.41, 5.74) is 0.473. The van der Waals surface area contributed by atoms with Crippen molar-refractivity contribution >= 4 is 0 Å². The monoisotopic (exact) mass is 254 g/mol. The molecule has 2 fully saturated rings. The Bertz CT molecular complexity index is 249. The lowest BCUT2D eigenvalue weighted by Gasteiger charge is -2.33. The fourth-order valence-electron chi connectivity index (χ4n) is 3.49. The number of ether oxygens (including phenoxy) is 1. The molecule has 2 aliphatic rings. The Morgan fingerprint density at radius 2 is 2.28 bits per heavy atom. The Hall–Kier alpha value is -0.120. The first kappa shape index (κ1) is 14.3. The van der Waals surface area contributed by atoms with Gasteiger partial charge in [0.05, 0.1) is 6.10 Å². The van der Waals surface area contributed by atoms with Crippen LogP contribution in [0.3, 0.4) is 0 Å². The zero-order valence-electron chi connectivity index (χ0n) is 12.3. The molecule has 3 heteroatoms. The van der Waals surface area contributed by atoms with Crippen LogP contribution in [0.15, 0.2) is 0 Å². The fourth-order valence-corrected chi connectivity index (χ4v) is 3.49. The van der Waals surface area contributed by atoms with Gasteiger partial charge in [0.25, 0.3) is 0 Å². The van der Waals surface area contributed by atoms with E-state index >= 15 is 0 Å². The first-order chi connectivity index (χ1) is 8.68. The third kappa shape index (κ3) is 3.06. The maximum absolute atomic E-state index is 5.76. The molecule has 3 nitrogen and oxygen atoms in total. The molecule has 3 unspecified atom stereocenters. The van der Waals surface area contributed by atoms with Gasteiger partial charge >= 0.3 is 0 Å². The first-order valence-electron chi connectivity index (χ1n) is 7.71. The molecule has 3 atom stereocenters. The molecule has 2 aliphatic heterocycles. The normalized spacial score (nSPS) is 36.7. The molecule has 0 aromatic carbocycles. The molecule has 18 heavy (non-hydrogen) atoms. The van der Waals surface area contributed by atoms with Gasteiger partial charge in [-0.1, -0.05) is 20.8 Å². The van der Waals surface area contributed by atoms with Gasteiger partial charge in [0.15, 0.2) is 0 Å². The van der Waals surface area contributed by atoms with Crippen molar-refractivity contribution in [3.63, 3.8) is 0 Å². The molecule has 2 N–H and O–H groups in total. The van der Waals surface area contributed by atoms with E-state index in [2.05, 4.69) is 31.4 Å². The Morgan fingerprint density at radius 3 is 2.89 bits per heavy atom. The highest BCUT2D eigenvalue weighted by molar-refractivity contribution is 4.92. The second kappa shape index (κ2) is 6.36. The SMILES string of the molecule is CCC1OCCC1CNCC1(C(C)C)CCNC1. The smallest absolute Gasteiger partial charge is 0.0613 e. The highest BCUT2D eigenvalue weighted by Crippen LogP contribution is 2.33. The van der Waals surface area contributed by atoms with Crippen LogP contribution in [0.1, 0.15) is 40.0 Å². The number of hydrogen-bond donors (Lipinski definition) is 2. The van der Waals surface area contributed by atoms with Crippen LogP contribution in [-0.2, 0) is 4.74 Å². The fraction of sp³-hybridized carbons (Fsp3) is 1.00. The summed E-state index contributed by atoms with van der Waals surface area (Å²) in [7, 11) is 0. The predicted molar refractivity (Wildman–Crippen MR) is 75.8 cm³/mol. The number of rotatable bonds is 6. The minimum absolute atomic E-state index is 0.473. The van der Waals surface area contributed by atoms with E-state index in [-0.39, 0.29) is 0 Å². The average molecular weight is 254 g/mol. The molecule has 0 radical (unpaired) electrons. The van der Waals surface area contributed by atoms with Crippen molar-refractivity contribution in [3.8, 4) is 0 Å². The lowest BCUT2D eigenvalue weighted by Crippen LogP contribution is -2.42. The molecule has 0 aromatic heterocycles. The largest absolute Gasteiger partial charge is 0.378 e. The van der Waals surface area contributed by atoms with Crippen LogP contribution in [0.4, 0.5) is 0 Å². The van der Waals surface area contributed by atoms with Crippen LogP contribution < -0.4 is 10.6 Å². The van der Waals surface area contributed by atoms with Crippen molar-refractivity contribution < 1.29 is 4.74 Å². The van der Waals surface area contributed by atoms with Crippen molar-refractivity contribution in [1.29, 1.82) is 0 Å². The zero-order valence-corrected chi connectivity index (χ0v) is 12.3. The minimum atomic E-state index is 0.473. The second-order valence-corrected chi connectivity index (χ2v) is 6.44. The summed E-state index contributed by atoms with van der Waals surface area (Å²) in [6.07, 6.45) is 4.20. The average Bonchev–Trinajstić information content (AvgIpc) is 2.98. The van der Waals surface area contributed by atoms with E-state index in [0.29, 0.717) is 11.5 Å². The molecule has 0 amide bonds. The van der Waals surface area contributed by atoms with Gasteiger partial charge in [-0.3, -0.25) is 0 Å². The molecule has 0 saturated carbocycles. The third-order valence-electron chi connectivity index (χ3n) is 5.13. The van der Waals surface area contributed by atoms with Gasteiger partial charge in [-0.15, -0.1) is 0 Å². The molecule has 2 rings (SSSR count). The summed E-state index contributed by atoms with van der Waals surface area (Å²) in [4.78, 5) is 0. The highest BCUT2D eigenvalue weighted by Gasteiger charge is 2.37. The van der Waals surface area contributed by atoms with Gasteiger partial charge in [0, 0.05) is 26.2 Å². The predicted octanol–water partition coefficient (Wildman–Crippen LogP) is 2.03. The van der Waals surface area contributed by atoms with Gasteiger partial charge in [0.1, 0.15) is 0 Å². The third-order valence-corrected chi connectivity index (χ3v) is 5.13. The number of hydrogen-bond acceptors (Lipinski definition) is 3. The summed E-state index contributed by atoms with van der Waals surface area (Å²) in [5.74, 6) is 1.48. The molecule has 106 valence electrons. The molecule has 2 heterocycles. The van der Waals surface area contributed by atoms with Gasteiger partial charge < -0.3 is 15.4 Å². The van der Waals surface area contributed by atoms with Gasteiger partial charge in [0.2, 0.25) is 0 Å². The quantitative estimate of drug-likeness (QED) is 0.761. The maximum atomic E-state index is 5.76. The van der Waals surface area contributed by atoms with E-state index in [1.54, 1.807) is 0 Å². The van der Waals surface area contributed by atoms with Gasteiger partial charge in [-0.05, 0) is 43.1 Å². The molecule has 0 spiro atoms. The summed E-state index contributed by atoms with van der Waals surface area (Å²) >= 11 is 0. The van der Waals surface area contributed by atoms with Crippen molar-refractivity contribution in [1.82, 2.24) is 10.6 Å². The van der Waals surface area contributed by atoms with Crippen LogP contribution in [0.5, 0.6) is 0 Å². The van der Waals surface area contributed by atoms with Crippen LogP contribution >= 0.6 is 0 Å². The van der Waals surface area contributed by atoms with Crippen LogP contribution in [0.25, 0.3) is 0 Å². The Kier molecular flexibility index (Phi) is 5.05. The molecule has 0 aliphatic carbocycles. The lowest BCUT2D eigenvalue weighted by atomic mass is 9.76. The summed E-state index contributed by atoms with van der Waals surface area (Å²) < 4.78 is 5.76. The van der Waals surface area contributed by atoms with Crippen molar-refractivity contribution in [3.05, 3.63) is 0 Å². The molecular formula is C15H30N2O. The first-order valence-corrected chi connectivity index (χ1v) is 7.71. The molecule has 2 saturated heterocycles. The van der Waals surface area contributed by atoms with E-state index in [1.807, 2.05) is 0 Å². The second-order valence-electron chi connectivity index (χ2n) is 6.44. The van der Waals surface area contributed by atoms with Crippen LogP contribution in [0.2, 0.25) is 0 Å². The standard InChI is InChI=1S/C15H30N2O/c1-4-14-13(5-8-18-14)9-17-11-15(12(2)3)6-7-16-10-15/h12-14,16-17H,4-11H2,1-3H3. The van der Waals surface area contributed by atoms with E-state index in [1.165, 1.54) is 25.9 Å².